The maximum atomic E-state index is 12.9. The maximum Gasteiger partial charge on any atom is 0.410 e. The number of hydrogen-bond donors (Lipinski definition) is 0. The van der Waals surface area contributed by atoms with Gasteiger partial charge in [0.2, 0.25) is 0 Å². The SMILES string of the molecule is CCN(CC)CCOC(=O)c1nccnc1C(C)N(CC1CC1)C(=O)OC(C)(C)C. The van der Waals surface area contributed by atoms with Gasteiger partial charge in [-0.3, -0.25) is 9.88 Å². The molecule has 2 rings (SSSR count). The van der Waals surface area contributed by atoms with Gasteiger partial charge >= 0.3 is 12.1 Å². The predicted molar refractivity (Wildman–Crippen MR) is 114 cm³/mol. The lowest BCUT2D eigenvalue weighted by molar-refractivity contribution is 0.0153. The molecule has 0 aromatic carbocycles. The van der Waals surface area contributed by atoms with Crippen LogP contribution in [-0.2, 0) is 9.47 Å². The van der Waals surface area contributed by atoms with Gasteiger partial charge in [-0.05, 0) is 59.5 Å². The Balaban J connectivity index is 2.15. The first kappa shape index (κ1) is 24.1. The Hall–Kier alpha value is -2.22. The van der Waals surface area contributed by atoms with Crippen LogP contribution in [0.5, 0.6) is 0 Å². The molecule has 1 aliphatic carbocycles. The fourth-order valence-corrected chi connectivity index (χ4v) is 3.12. The Morgan fingerprint density at radius 3 is 2.37 bits per heavy atom. The van der Waals surface area contributed by atoms with E-state index in [1.807, 2.05) is 27.7 Å². The second-order valence-corrected chi connectivity index (χ2v) is 8.71. The molecule has 0 spiro atoms. The third-order valence-corrected chi connectivity index (χ3v) is 5.10. The van der Waals surface area contributed by atoms with E-state index < -0.39 is 23.7 Å². The zero-order valence-corrected chi connectivity index (χ0v) is 19.2. The summed E-state index contributed by atoms with van der Waals surface area (Å²) in [6, 6.07) is -0.459. The highest BCUT2D eigenvalue weighted by molar-refractivity contribution is 5.88. The van der Waals surface area contributed by atoms with Crippen molar-refractivity contribution in [1.29, 1.82) is 0 Å². The molecule has 0 bridgehead atoms. The second kappa shape index (κ2) is 10.7. The van der Waals surface area contributed by atoms with Crippen LogP contribution in [0.1, 0.15) is 76.6 Å². The Morgan fingerprint density at radius 2 is 1.80 bits per heavy atom. The zero-order chi connectivity index (χ0) is 22.3. The van der Waals surface area contributed by atoms with Crippen LogP contribution < -0.4 is 0 Å². The van der Waals surface area contributed by atoms with Gasteiger partial charge in [0.25, 0.3) is 0 Å². The number of hydrogen-bond acceptors (Lipinski definition) is 7. The summed E-state index contributed by atoms with van der Waals surface area (Å²) in [4.78, 5) is 38.0. The second-order valence-electron chi connectivity index (χ2n) is 8.71. The Kier molecular flexibility index (Phi) is 8.58. The van der Waals surface area contributed by atoms with Gasteiger partial charge in [-0.1, -0.05) is 13.8 Å². The average molecular weight is 421 g/mol. The number of nitrogens with zero attached hydrogens (tertiary/aromatic N) is 4. The van der Waals surface area contributed by atoms with Gasteiger partial charge < -0.3 is 14.4 Å². The van der Waals surface area contributed by atoms with Gasteiger partial charge in [0.1, 0.15) is 12.2 Å². The van der Waals surface area contributed by atoms with E-state index >= 15 is 0 Å². The number of aromatic nitrogens is 2. The molecule has 1 unspecified atom stereocenters. The molecule has 0 N–H and O–H groups in total. The summed E-state index contributed by atoms with van der Waals surface area (Å²) in [7, 11) is 0. The van der Waals surface area contributed by atoms with Gasteiger partial charge in [0, 0.05) is 25.5 Å². The van der Waals surface area contributed by atoms with E-state index in [2.05, 4.69) is 28.7 Å². The third-order valence-electron chi connectivity index (χ3n) is 5.10. The lowest BCUT2D eigenvalue weighted by Gasteiger charge is -2.32. The fraction of sp³-hybridized carbons (Fsp3) is 0.727. The molecule has 0 saturated heterocycles. The number of likely N-dealkylation sites (N-methyl/N-ethyl adjacent to an activating group) is 1. The summed E-state index contributed by atoms with van der Waals surface area (Å²) in [5.74, 6) is -0.0613. The Bertz CT molecular complexity index is 711. The number of ether oxygens (including phenoxy) is 2. The van der Waals surface area contributed by atoms with Crippen LogP contribution in [-0.4, -0.2) is 70.2 Å². The van der Waals surface area contributed by atoms with Crippen molar-refractivity contribution in [2.75, 3.05) is 32.8 Å². The molecule has 1 atom stereocenters. The van der Waals surface area contributed by atoms with Crippen molar-refractivity contribution in [1.82, 2.24) is 19.8 Å². The van der Waals surface area contributed by atoms with Crippen LogP contribution in [0.4, 0.5) is 4.79 Å². The molecule has 1 aromatic rings. The number of rotatable bonds is 10. The van der Waals surface area contributed by atoms with E-state index in [0.717, 1.165) is 25.9 Å². The van der Waals surface area contributed by atoms with Crippen LogP contribution in [0.3, 0.4) is 0 Å². The molecule has 1 amide bonds. The van der Waals surface area contributed by atoms with Crippen molar-refractivity contribution in [2.45, 2.75) is 66.0 Å². The zero-order valence-electron chi connectivity index (χ0n) is 19.2. The highest BCUT2D eigenvalue weighted by Crippen LogP contribution is 2.33. The van der Waals surface area contributed by atoms with Gasteiger partial charge in [0.05, 0.1) is 11.7 Å². The van der Waals surface area contributed by atoms with Gasteiger partial charge in [-0.25, -0.2) is 14.6 Å². The van der Waals surface area contributed by atoms with Crippen LogP contribution in [0, 0.1) is 5.92 Å². The molecular weight excluding hydrogens is 384 g/mol. The first-order valence-electron chi connectivity index (χ1n) is 10.9. The van der Waals surface area contributed by atoms with E-state index in [4.69, 9.17) is 9.47 Å². The van der Waals surface area contributed by atoms with E-state index in [-0.39, 0.29) is 12.3 Å². The topological polar surface area (TPSA) is 84.9 Å². The van der Waals surface area contributed by atoms with Crippen LogP contribution >= 0.6 is 0 Å². The molecule has 8 heteroatoms. The summed E-state index contributed by atoms with van der Waals surface area (Å²) >= 11 is 0. The summed E-state index contributed by atoms with van der Waals surface area (Å²) in [6.07, 6.45) is 4.77. The molecule has 8 nitrogen and oxygen atoms in total. The van der Waals surface area contributed by atoms with Crippen molar-refractivity contribution in [3.05, 3.63) is 23.8 Å². The van der Waals surface area contributed by atoms with Gasteiger partial charge in [0.15, 0.2) is 5.69 Å². The maximum absolute atomic E-state index is 12.9. The number of esters is 1. The van der Waals surface area contributed by atoms with Gasteiger partial charge in [-0.2, -0.15) is 0 Å². The quantitative estimate of drug-likeness (QED) is 0.534. The largest absolute Gasteiger partial charge is 0.460 e. The van der Waals surface area contributed by atoms with Crippen molar-refractivity contribution < 1.29 is 19.1 Å². The fourth-order valence-electron chi connectivity index (χ4n) is 3.12. The molecule has 1 aliphatic rings. The minimum Gasteiger partial charge on any atom is -0.460 e. The third kappa shape index (κ3) is 7.23. The summed E-state index contributed by atoms with van der Waals surface area (Å²) in [5, 5.41) is 0. The average Bonchev–Trinajstić information content (AvgIpc) is 3.51. The molecule has 30 heavy (non-hydrogen) atoms. The Labute approximate surface area is 180 Å². The minimum atomic E-state index is -0.604. The first-order chi connectivity index (χ1) is 14.2. The van der Waals surface area contributed by atoms with Crippen LogP contribution in [0.15, 0.2) is 12.4 Å². The van der Waals surface area contributed by atoms with E-state index in [9.17, 15) is 9.59 Å². The van der Waals surface area contributed by atoms with Crippen LogP contribution in [0.2, 0.25) is 0 Å². The number of carbonyl (C=O) groups is 2. The van der Waals surface area contributed by atoms with E-state index in [1.54, 1.807) is 4.90 Å². The van der Waals surface area contributed by atoms with Crippen molar-refractivity contribution in [3.63, 3.8) is 0 Å². The lowest BCUT2D eigenvalue weighted by atomic mass is 10.1. The lowest BCUT2D eigenvalue weighted by Crippen LogP contribution is -2.40. The molecular formula is C22H36N4O4. The summed E-state index contributed by atoms with van der Waals surface area (Å²) in [6.45, 7) is 14.8. The van der Waals surface area contributed by atoms with E-state index in [1.165, 1.54) is 12.4 Å². The Morgan fingerprint density at radius 1 is 1.17 bits per heavy atom. The predicted octanol–water partition coefficient (Wildman–Crippen LogP) is 3.68. The smallest absolute Gasteiger partial charge is 0.410 e. The van der Waals surface area contributed by atoms with Gasteiger partial charge in [-0.15, -0.1) is 0 Å². The highest BCUT2D eigenvalue weighted by Gasteiger charge is 2.35. The molecule has 1 heterocycles. The summed E-state index contributed by atoms with van der Waals surface area (Å²) < 4.78 is 11.1. The summed E-state index contributed by atoms with van der Waals surface area (Å²) in [5.41, 5.74) is -0.0292. The molecule has 0 aliphatic heterocycles. The molecule has 1 aromatic heterocycles. The molecule has 1 saturated carbocycles. The molecule has 1 fully saturated rings. The highest BCUT2D eigenvalue weighted by atomic mass is 16.6. The number of amides is 1. The van der Waals surface area contributed by atoms with Crippen LogP contribution in [0.25, 0.3) is 0 Å². The van der Waals surface area contributed by atoms with Crippen molar-refractivity contribution in [3.8, 4) is 0 Å². The number of carbonyl (C=O) groups excluding carboxylic acids is 2. The van der Waals surface area contributed by atoms with Crippen molar-refractivity contribution >= 4 is 12.1 Å². The monoisotopic (exact) mass is 420 g/mol. The molecule has 168 valence electrons. The minimum absolute atomic E-state index is 0.147. The molecule has 0 radical (unpaired) electrons. The van der Waals surface area contributed by atoms with Crippen molar-refractivity contribution in [2.24, 2.45) is 5.92 Å². The normalized spacial score (nSPS) is 15.0. The first-order valence-corrected chi connectivity index (χ1v) is 10.9. The standard InChI is InChI=1S/C22H36N4O4/c1-7-25(8-2)13-14-29-20(27)19-18(23-11-12-24-19)16(3)26(15-17-9-10-17)21(28)30-22(4,5)6/h11-12,16-17H,7-10,13-15H2,1-6H3. The van der Waals surface area contributed by atoms with E-state index in [0.29, 0.717) is 24.7 Å².